The average molecular weight is 244 g/mol. The number of hydrogen-bond donors (Lipinski definition) is 1. The molecule has 1 N–H and O–H groups in total. The van der Waals surface area contributed by atoms with Crippen LogP contribution >= 0.6 is 0 Å². The fraction of sp³-hybridized carbons (Fsp3) is 0.625. The molecule has 0 bridgehead atoms. The predicted octanol–water partition coefficient (Wildman–Crippen LogP) is 2.57. The van der Waals surface area contributed by atoms with Gasteiger partial charge in [-0.25, -0.2) is 0 Å². The second-order valence-electron chi connectivity index (χ2n) is 6.44. The van der Waals surface area contributed by atoms with E-state index in [1.54, 1.807) is 0 Å². The Bertz CT molecular complexity index is 406. The maximum Gasteiger partial charge on any atom is 0.0234 e. The number of nitrogens with one attached hydrogen (secondary N) is 1. The largest absolute Gasteiger partial charge is 0.312 e. The third-order valence-electron chi connectivity index (χ3n) is 4.40. The van der Waals surface area contributed by atoms with Crippen LogP contribution in [0.15, 0.2) is 24.3 Å². The standard InChI is InChI=1S/C16H24N2/c1-13-3-5-15(6-4-13)10-18-9-14(2)17-11-16(12-18)7-8-16/h3-6,14,17H,7-12H2,1-2H3. The van der Waals surface area contributed by atoms with E-state index in [-0.39, 0.29) is 0 Å². The van der Waals surface area contributed by atoms with Gasteiger partial charge in [-0.05, 0) is 37.7 Å². The van der Waals surface area contributed by atoms with Crippen LogP contribution in [0.1, 0.15) is 30.9 Å². The summed E-state index contributed by atoms with van der Waals surface area (Å²) in [5, 5.41) is 3.68. The summed E-state index contributed by atoms with van der Waals surface area (Å²) in [5.74, 6) is 0. The Labute approximate surface area is 110 Å². The first-order valence-corrected chi connectivity index (χ1v) is 7.17. The minimum atomic E-state index is 0.607. The van der Waals surface area contributed by atoms with Crippen LogP contribution in [-0.2, 0) is 6.54 Å². The van der Waals surface area contributed by atoms with E-state index in [1.165, 1.54) is 43.6 Å². The van der Waals surface area contributed by atoms with Crippen molar-refractivity contribution in [3.63, 3.8) is 0 Å². The van der Waals surface area contributed by atoms with E-state index in [1.807, 2.05) is 0 Å². The number of benzene rings is 1. The molecule has 0 aromatic heterocycles. The van der Waals surface area contributed by atoms with Crippen LogP contribution < -0.4 is 5.32 Å². The Balaban J connectivity index is 1.68. The van der Waals surface area contributed by atoms with E-state index in [2.05, 4.69) is 48.3 Å². The van der Waals surface area contributed by atoms with Crippen LogP contribution in [0, 0.1) is 12.3 Å². The molecule has 1 atom stereocenters. The molecule has 98 valence electrons. The number of rotatable bonds is 2. The number of hydrogen-bond acceptors (Lipinski definition) is 2. The van der Waals surface area contributed by atoms with Crippen molar-refractivity contribution in [2.75, 3.05) is 19.6 Å². The summed E-state index contributed by atoms with van der Waals surface area (Å²) in [6.07, 6.45) is 2.83. The van der Waals surface area contributed by atoms with Gasteiger partial charge in [0, 0.05) is 32.2 Å². The molecule has 1 saturated heterocycles. The maximum atomic E-state index is 3.68. The molecule has 1 aromatic carbocycles. The van der Waals surface area contributed by atoms with Crippen LogP contribution in [0.5, 0.6) is 0 Å². The van der Waals surface area contributed by atoms with Crippen LogP contribution in [0.4, 0.5) is 0 Å². The molecule has 2 fully saturated rings. The highest BCUT2D eigenvalue weighted by atomic mass is 15.2. The predicted molar refractivity (Wildman–Crippen MR) is 75.6 cm³/mol. The molecular formula is C16H24N2. The van der Waals surface area contributed by atoms with Gasteiger partial charge in [0.1, 0.15) is 0 Å². The Morgan fingerprint density at radius 1 is 1.28 bits per heavy atom. The van der Waals surface area contributed by atoms with Crippen LogP contribution in [0.2, 0.25) is 0 Å². The summed E-state index contributed by atoms with van der Waals surface area (Å²) >= 11 is 0. The van der Waals surface area contributed by atoms with Gasteiger partial charge < -0.3 is 5.32 Å². The molecule has 1 spiro atoms. The van der Waals surface area contributed by atoms with Crippen LogP contribution in [0.3, 0.4) is 0 Å². The van der Waals surface area contributed by atoms with Crippen molar-refractivity contribution in [3.8, 4) is 0 Å². The first kappa shape index (κ1) is 12.2. The molecule has 1 aliphatic carbocycles. The molecule has 1 heterocycles. The van der Waals surface area contributed by atoms with Crippen molar-refractivity contribution in [2.24, 2.45) is 5.41 Å². The topological polar surface area (TPSA) is 15.3 Å². The van der Waals surface area contributed by atoms with Crippen molar-refractivity contribution in [2.45, 2.75) is 39.3 Å². The lowest BCUT2D eigenvalue weighted by Crippen LogP contribution is -2.34. The van der Waals surface area contributed by atoms with Gasteiger partial charge in [0.15, 0.2) is 0 Å². The van der Waals surface area contributed by atoms with E-state index in [9.17, 15) is 0 Å². The monoisotopic (exact) mass is 244 g/mol. The molecule has 1 aliphatic heterocycles. The number of nitrogens with zero attached hydrogens (tertiary/aromatic N) is 1. The van der Waals surface area contributed by atoms with E-state index in [0.29, 0.717) is 11.5 Å². The molecule has 1 saturated carbocycles. The minimum absolute atomic E-state index is 0.607. The molecule has 2 aliphatic rings. The summed E-state index contributed by atoms with van der Waals surface area (Å²) < 4.78 is 0. The molecule has 2 heteroatoms. The van der Waals surface area contributed by atoms with Gasteiger partial charge in [0.2, 0.25) is 0 Å². The molecule has 2 nitrogen and oxygen atoms in total. The smallest absolute Gasteiger partial charge is 0.0234 e. The summed E-state index contributed by atoms with van der Waals surface area (Å²) in [5.41, 5.74) is 3.41. The van der Waals surface area contributed by atoms with Gasteiger partial charge in [-0.1, -0.05) is 29.8 Å². The SMILES string of the molecule is Cc1ccc(CN2CC(C)NCC3(CC3)C2)cc1. The fourth-order valence-electron chi connectivity index (χ4n) is 3.02. The Kier molecular flexibility index (Phi) is 3.16. The first-order chi connectivity index (χ1) is 8.65. The minimum Gasteiger partial charge on any atom is -0.312 e. The Morgan fingerprint density at radius 2 is 2.00 bits per heavy atom. The summed E-state index contributed by atoms with van der Waals surface area (Å²) in [6.45, 7) is 9.24. The Morgan fingerprint density at radius 3 is 2.67 bits per heavy atom. The van der Waals surface area contributed by atoms with Gasteiger partial charge in [0.25, 0.3) is 0 Å². The highest BCUT2D eigenvalue weighted by Gasteiger charge is 2.45. The average Bonchev–Trinajstić information content (AvgIpc) is 3.11. The quantitative estimate of drug-likeness (QED) is 0.860. The van der Waals surface area contributed by atoms with Crippen molar-refractivity contribution < 1.29 is 0 Å². The van der Waals surface area contributed by atoms with Crippen LogP contribution in [0.25, 0.3) is 0 Å². The number of aryl methyl sites for hydroxylation is 1. The first-order valence-electron chi connectivity index (χ1n) is 7.17. The van der Waals surface area contributed by atoms with Crippen molar-refractivity contribution in [3.05, 3.63) is 35.4 Å². The summed E-state index contributed by atoms with van der Waals surface area (Å²) in [6, 6.07) is 9.62. The highest BCUT2D eigenvalue weighted by Crippen LogP contribution is 2.46. The third kappa shape index (κ3) is 2.76. The lowest BCUT2D eigenvalue weighted by Gasteiger charge is -2.24. The molecule has 1 aromatic rings. The van der Waals surface area contributed by atoms with Crippen molar-refractivity contribution in [1.82, 2.24) is 10.2 Å². The molecule has 0 radical (unpaired) electrons. The maximum absolute atomic E-state index is 3.68. The third-order valence-corrected chi connectivity index (χ3v) is 4.40. The summed E-state index contributed by atoms with van der Waals surface area (Å²) in [7, 11) is 0. The zero-order valence-corrected chi connectivity index (χ0v) is 11.6. The zero-order chi connectivity index (χ0) is 12.6. The normalized spacial score (nSPS) is 27.1. The fourth-order valence-corrected chi connectivity index (χ4v) is 3.02. The summed E-state index contributed by atoms with van der Waals surface area (Å²) in [4.78, 5) is 2.64. The van der Waals surface area contributed by atoms with Gasteiger partial charge >= 0.3 is 0 Å². The lowest BCUT2D eigenvalue weighted by atomic mass is 10.1. The molecule has 1 unspecified atom stereocenters. The van der Waals surface area contributed by atoms with Gasteiger partial charge in [-0.3, -0.25) is 4.90 Å². The molecular weight excluding hydrogens is 220 g/mol. The second kappa shape index (κ2) is 4.67. The van der Waals surface area contributed by atoms with E-state index in [4.69, 9.17) is 0 Å². The van der Waals surface area contributed by atoms with Crippen molar-refractivity contribution in [1.29, 1.82) is 0 Å². The second-order valence-corrected chi connectivity index (χ2v) is 6.44. The van der Waals surface area contributed by atoms with Gasteiger partial charge in [0.05, 0.1) is 0 Å². The van der Waals surface area contributed by atoms with E-state index >= 15 is 0 Å². The van der Waals surface area contributed by atoms with Gasteiger partial charge in [-0.15, -0.1) is 0 Å². The van der Waals surface area contributed by atoms with E-state index < -0.39 is 0 Å². The Hall–Kier alpha value is -0.860. The molecule has 3 rings (SSSR count). The van der Waals surface area contributed by atoms with E-state index in [0.717, 1.165) is 6.54 Å². The molecule has 18 heavy (non-hydrogen) atoms. The van der Waals surface area contributed by atoms with Crippen LogP contribution in [-0.4, -0.2) is 30.6 Å². The molecule has 0 amide bonds. The zero-order valence-electron chi connectivity index (χ0n) is 11.6. The highest BCUT2D eigenvalue weighted by molar-refractivity contribution is 5.21. The lowest BCUT2D eigenvalue weighted by molar-refractivity contribution is 0.230. The van der Waals surface area contributed by atoms with Crippen molar-refractivity contribution >= 4 is 0 Å². The van der Waals surface area contributed by atoms with Gasteiger partial charge in [-0.2, -0.15) is 0 Å².